The number of fused-ring (bicyclic) bond motifs is 1. The zero-order valence-electron chi connectivity index (χ0n) is 13.7. The number of para-hydroxylation sites is 1. The summed E-state index contributed by atoms with van der Waals surface area (Å²) < 4.78 is 0. The quantitative estimate of drug-likeness (QED) is 0.778. The lowest BCUT2D eigenvalue weighted by molar-refractivity contribution is -0.881. The van der Waals surface area contributed by atoms with Gasteiger partial charge in [-0.15, -0.1) is 0 Å². The average Bonchev–Trinajstić information content (AvgIpc) is 2.89. The Morgan fingerprint density at radius 3 is 2.68 bits per heavy atom. The molecule has 1 atom stereocenters. The molecule has 0 saturated carbocycles. The van der Waals surface area contributed by atoms with Crippen LogP contribution in [0.25, 0.3) is 0 Å². The van der Waals surface area contributed by atoms with Crippen LogP contribution < -0.4 is 15.1 Å². The number of hydrogen-bond donors (Lipinski definition) is 2. The van der Waals surface area contributed by atoms with E-state index in [0.29, 0.717) is 13.1 Å². The van der Waals surface area contributed by atoms with Crippen molar-refractivity contribution in [2.45, 2.75) is 33.2 Å². The summed E-state index contributed by atoms with van der Waals surface area (Å²) >= 11 is 0. The Morgan fingerprint density at radius 1 is 1.27 bits per heavy atom. The molecule has 1 aliphatic rings. The molecule has 2 amide bonds. The Balaban J connectivity index is 1.94. The van der Waals surface area contributed by atoms with E-state index in [1.165, 1.54) is 5.56 Å². The summed E-state index contributed by atoms with van der Waals surface area (Å²) in [5.74, 6) is 0.0978. The Bertz CT molecular complexity index is 542. The molecule has 5 heteroatoms. The number of carbonyl (C=O) groups excluding carboxylic acids is 2. The lowest BCUT2D eigenvalue weighted by atomic mass is 10.2. The Hall–Kier alpha value is -1.88. The van der Waals surface area contributed by atoms with Crippen LogP contribution in [0, 0.1) is 0 Å². The first kappa shape index (κ1) is 16.5. The standard InChI is InChI=1S/C17H25N3O2/c1-4-19(11-16(21)18-13(2)3)12-17(22)20-10-9-14-7-5-6-8-15(14)20/h5-8,13H,4,9-12H2,1-3H3,(H,18,21)/p+1. The van der Waals surface area contributed by atoms with Crippen LogP contribution in [0.3, 0.4) is 0 Å². The number of quaternary nitrogens is 1. The molecule has 1 heterocycles. The van der Waals surface area contributed by atoms with Gasteiger partial charge in [0.1, 0.15) is 0 Å². The van der Waals surface area contributed by atoms with Crippen LogP contribution in [-0.4, -0.2) is 44.0 Å². The van der Waals surface area contributed by atoms with Gasteiger partial charge in [0.2, 0.25) is 0 Å². The summed E-state index contributed by atoms with van der Waals surface area (Å²) in [6, 6.07) is 8.17. The highest BCUT2D eigenvalue weighted by molar-refractivity contribution is 5.96. The molecule has 1 unspecified atom stereocenters. The number of likely N-dealkylation sites (N-methyl/N-ethyl adjacent to an activating group) is 1. The van der Waals surface area contributed by atoms with E-state index in [9.17, 15) is 9.59 Å². The summed E-state index contributed by atoms with van der Waals surface area (Å²) in [5.41, 5.74) is 2.25. The summed E-state index contributed by atoms with van der Waals surface area (Å²) in [6.07, 6.45) is 0.914. The van der Waals surface area contributed by atoms with Crippen molar-refractivity contribution in [1.29, 1.82) is 0 Å². The monoisotopic (exact) mass is 304 g/mol. The number of amides is 2. The van der Waals surface area contributed by atoms with Gasteiger partial charge in [0.05, 0.1) is 6.54 Å². The number of rotatable bonds is 6. The molecular formula is C17H26N3O2+. The SMILES string of the molecule is CC[NH+](CC(=O)NC(C)C)CC(=O)N1CCc2ccccc21. The lowest BCUT2D eigenvalue weighted by Crippen LogP contribution is -3.14. The maximum absolute atomic E-state index is 12.6. The number of nitrogens with one attached hydrogen (secondary N) is 2. The third kappa shape index (κ3) is 4.07. The lowest BCUT2D eigenvalue weighted by Gasteiger charge is -2.22. The Labute approximate surface area is 132 Å². The summed E-state index contributed by atoms with van der Waals surface area (Å²) in [4.78, 5) is 27.3. The zero-order chi connectivity index (χ0) is 16.1. The van der Waals surface area contributed by atoms with E-state index < -0.39 is 0 Å². The second-order valence-electron chi connectivity index (χ2n) is 6.10. The van der Waals surface area contributed by atoms with Gasteiger partial charge in [-0.2, -0.15) is 0 Å². The third-order valence-electron chi connectivity index (χ3n) is 3.95. The molecule has 2 rings (SSSR count). The molecular weight excluding hydrogens is 278 g/mol. The maximum atomic E-state index is 12.6. The van der Waals surface area contributed by atoms with Crippen molar-refractivity contribution in [3.8, 4) is 0 Å². The minimum atomic E-state index is 0.00136. The number of anilines is 1. The van der Waals surface area contributed by atoms with E-state index in [4.69, 9.17) is 0 Å². The smallest absolute Gasteiger partial charge is 0.282 e. The van der Waals surface area contributed by atoms with E-state index in [2.05, 4.69) is 11.4 Å². The first-order valence-corrected chi connectivity index (χ1v) is 8.02. The fourth-order valence-corrected chi connectivity index (χ4v) is 2.82. The second kappa shape index (κ2) is 7.40. The van der Waals surface area contributed by atoms with Crippen LogP contribution in [0.5, 0.6) is 0 Å². The molecule has 1 aromatic carbocycles. The summed E-state index contributed by atoms with van der Waals surface area (Å²) in [7, 11) is 0. The first-order chi connectivity index (χ1) is 10.5. The zero-order valence-corrected chi connectivity index (χ0v) is 13.7. The number of nitrogens with zero attached hydrogens (tertiary/aromatic N) is 1. The number of hydrogen-bond acceptors (Lipinski definition) is 2. The van der Waals surface area contributed by atoms with Gasteiger partial charge in [0.25, 0.3) is 11.8 Å². The van der Waals surface area contributed by atoms with Gasteiger partial charge in [0, 0.05) is 18.3 Å². The molecule has 0 bridgehead atoms. The van der Waals surface area contributed by atoms with Gasteiger partial charge < -0.3 is 15.1 Å². The van der Waals surface area contributed by atoms with E-state index in [-0.39, 0.29) is 17.9 Å². The van der Waals surface area contributed by atoms with E-state index in [1.54, 1.807) is 0 Å². The highest BCUT2D eigenvalue weighted by Crippen LogP contribution is 2.26. The fraction of sp³-hybridized carbons (Fsp3) is 0.529. The minimum Gasteiger partial charge on any atom is -0.349 e. The Morgan fingerprint density at radius 2 is 2.00 bits per heavy atom. The minimum absolute atomic E-state index is 0.00136. The molecule has 0 radical (unpaired) electrons. The molecule has 0 aliphatic carbocycles. The third-order valence-corrected chi connectivity index (χ3v) is 3.95. The first-order valence-electron chi connectivity index (χ1n) is 8.02. The van der Waals surface area contributed by atoms with Crippen LogP contribution in [0.2, 0.25) is 0 Å². The fourth-order valence-electron chi connectivity index (χ4n) is 2.82. The largest absolute Gasteiger partial charge is 0.349 e. The number of benzene rings is 1. The molecule has 0 saturated heterocycles. The molecule has 2 N–H and O–H groups in total. The normalized spacial score (nSPS) is 14.8. The van der Waals surface area contributed by atoms with Gasteiger partial charge in [-0.05, 0) is 38.8 Å². The predicted octanol–water partition coefficient (Wildman–Crippen LogP) is 0.00510. The van der Waals surface area contributed by atoms with Crippen molar-refractivity contribution in [3.63, 3.8) is 0 Å². The van der Waals surface area contributed by atoms with Gasteiger partial charge in [-0.25, -0.2) is 0 Å². The van der Waals surface area contributed by atoms with E-state index in [0.717, 1.165) is 30.1 Å². The number of carbonyl (C=O) groups is 2. The van der Waals surface area contributed by atoms with Crippen LogP contribution in [0.1, 0.15) is 26.3 Å². The highest BCUT2D eigenvalue weighted by atomic mass is 16.2. The van der Waals surface area contributed by atoms with Crippen molar-refractivity contribution in [2.75, 3.05) is 31.1 Å². The topological polar surface area (TPSA) is 53.9 Å². The Kier molecular flexibility index (Phi) is 5.55. The van der Waals surface area contributed by atoms with Crippen LogP contribution >= 0.6 is 0 Å². The summed E-state index contributed by atoms with van der Waals surface area (Å²) in [6.45, 7) is 8.08. The van der Waals surface area contributed by atoms with Crippen molar-refractivity contribution in [1.82, 2.24) is 5.32 Å². The summed E-state index contributed by atoms with van der Waals surface area (Å²) in [5, 5.41) is 2.88. The van der Waals surface area contributed by atoms with E-state index >= 15 is 0 Å². The van der Waals surface area contributed by atoms with Crippen LogP contribution in [0.4, 0.5) is 5.69 Å². The predicted molar refractivity (Wildman–Crippen MR) is 87.0 cm³/mol. The van der Waals surface area contributed by atoms with Crippen molar-refractivity contribution in [3.05, 3.63) is 29.8 Å². The highest BCUT2D eigenvalue weighted by Gasteiger charge is 2.27. The van der Waals surface area contributed by atoms with Gasteiger partial charge in [0.15, 0.2) is 13.1 Å². The maximum Gasteiger partial charge on any atom is 0.282 e. The second-order valence-corrected chi connectivity index (χ2v) is 6.10. The molecule has 22 heavy (non-hydrogen) atoms. The molecule has 0 aromatic heterocycles. The van der Waals surface area contributed by atoms with Gasteiger partial charge >= 0.3 is 0 Å². The average molecular weight is 304 g/mol. The van der Waals surface area contributed by atoms with Gasteiger partial charge in [-0.3, -0.25) is 9.59 Å². The van der Waals surface area contributed by atoms with E-state index in [1.807, 2.05) is 43.9 Å². The molecule has 0 spiro atoms. The molecule has 5 nitrogen and oxygen atoms in total. The van der Waals surface area contributed by atoms with Crippen LogP contribution in [0.15, 0.2) is 24.3 Å². The van der Waals surface area contributed by atoms with Crippen molar-refractivity contribution < 1.29 is 14.5 Å². The molecule has 120 valence electrons. The molecule has 0 fully saturated rings. The van der Waals surface area contributed by atoms with Gasteiger partial charge in [-0.1, -0.05) is 18.2 Å². The van der Waals surface area contributed by atoms with Crippen molar-refractivity contribution >= 4 is 17.5 Å². The molecule has 1 aromatic rings. The van der Waals surface area contributed by atoms with Crippen molar-refractivity contribution in [2.24, 2.45) is 0 Å². The van der Waals surface area contributed by atoms with Crippen LogP contribution in [-0.2, 0) is 16.0 Å². The molecule has 1 aliphatic heterocycles.